The van der Waals surface area contributed by atoms with Crippen LogP contribution < -0.4 is 15.9 Å². The molecule has 0 saturated heterocycles. The van der Waals surface area contributed by atoms with Gasteiger partial charge >= 0.3 is 0 Å². The van der Waals surface area contributed by atoms with Crippen LogP contribution in [-0.2, 0) is 4.43 Å². The lowest BCUT2D eigenvalue weighted by Gasteiger charge is -2.31. The standard InChI is InChI=1S/C25H32OPSi/c1-22(20-26-28(2,3)4)21-27(23-14-8-5-9-15-23,24-16-10-6-11-17-24)25-18-12-7-13-19-25/h5-19,22H,20-21H2,1-4H3/q+1. The molecule has 28 heavy (non-hydrogen) atoms. The first-order valence-electron chi connectivity index (χ1n) is 10.1. The van der Waals surface area contributed by atoms with Crippen LogP contribution in [0.1, 0.15) is 6.92 Å². The molecule has 0 fully saturated rings. The van der Waals surface area contributed by atoms with Gasteiger partial charge in [0.15, 0.2) is 8.32 Å². The number of benzene rings is 3. The van der Waals surface area contributed by atoms with E-state index in [2.05, 4.69) is 118 Å². The molecule has 146 valence electrons. The maximum atomic E-state index is 6.30. The zero-order valence-electron chi connectivity index (χ0n) is 17.5. The van der Waals surface area contributed by atoms with Crippen LogP contribution in [0.2, 0.25) is 19.6 Å². The van der Waals surface area contributed by atoms with Crippen molar-refractivity contribution in [1.82, 2.24) is 0 Å². The molecular formula is C25H32OPSi+. The number of hydrogen-bond acceptors (Lipinski definition) is 1. The quantitative estimate of drug-likeness (QED) is 0.355. The lowest BCUT2D eigenvalue weighted by Crippen LogP contribution is -2.37. The van der Waals surface area contributed by atoms with Gasteiger partial charge in [0.05, 0.1) is 6.16 Å². The van der Waals surface area contributed by atoms with E-state index in [1.165, 1.54) is 15.9 Å². The zero-order valence-corrected chi connectivity index (χ0v) is 19.4. The SMILES string of the molecule is CC(CO[Si](C)(C)C)C[P+](c1ccccc1)(c1ccccc1)c1ccccc1. The highest BCUT2D eigenvalue weighted by Gasteiger charge is 2.46. The summed E-state index contributed by atoms with van der Waals surface area (Å²) in [5.74, 6) is 0.487. The van der Waals surface area contributed by atoms with Gasteiger partial charge < -0.3 is 4.43 Å². The maximum absolute atomic E-state index is 6.30. The van der Waals surface area contributed by atoms with Gasteiger partial charge in [-0.1, -0.05) is 61.5 Å². The smallest absolute Gasteiger partial charge is 0.183 e. The zero-order chi connectivity index (χ0) is 20.0. The Balaban J connectivity index is 2.11. The molecule has 0 aliphatic carbocycles. The molecule has 1 unspecified atom stereocenters. The fourth-order valence-electron chi connectivity index (χ4n) is 3.72. The van der Waals surface area contributed by atoms with E-state index in [-0.39, 0.29) is 0 Å². The van der Waals surface area contributed by atoms with Crippen molar-refractivity contribution in [1.29, 1.82) is 0 Å². The lowest BCUT2D eigenvalue weighted by molar-refractivity contribution is 0.266. The average molecular weight is 408 g/mol. The first-order valence-corrected chi connectivity index (χ1v) is 15.5. The number of hydrogen-bond donors (Lipinski definition) is 0. The molecule has 1 atom stereocenters. The largest absolute Gasteiger partial charge is 0.417 e. The van der Waals surface area contributed by atoms with E-state index >= 15 is 0 Å². The van der Waals surface area contributed by atoms with Crippen LogP contribution >= 0.6 is 7.26 Å². The summed E-state index contributed by atoms with van der Waals surface area (Å²) in [4.78, 5) is 0. The third-order valence-electron chi connectivity index (χ3n) is 4.98. The average Bonchev–Trinajstić information content (AvgIpc) is 2.72. The van der Waals surface area contributed by atoms with Gasteiger partial charge in [0, 0.05) is 12.5 Å². The Labute approximate surface area is 172 Å². The summed E-state index contributed by atoms with van der Waals surface area (Å²) < 4.78 is 6.30. The molecule has 1 nitrogen and oxygen atoms in total. The van der Waals surface area contributed by atoms with Gasteiger partial charge in [-0.15, -0.1) is 0 Å². The van der Waals surface area contributed by atoms with E-state index in [4.69, 9.17) is 4.43 Å². The highest BCUT2D eigenvalue weighted by molar-refractivity contribution is 7.95. The van der Waals surface area contributed by atoms with Crippen LogP contribution in [-0.4, -0.2) is 21.1 Å². The van der Waals surface area contributed by atoms with E-state index in [0.717, 1.165) is 12.8 Å². The molecule has 0 N–H and O–H groups in total. The minimum absolute atomic E-state index is 0.487. The fourth-order valence-corrected chi connectivity index (χ4v) is 9.12. The molecule has 0 radical (unpaired) electrons. The predicted molar refractivity (Wildman–Crippen MR) is 128 cm³/mol. The first-order chi connectivity index (χ1) is 13.4. The number of rotatable bonds is 8. The monoisotopic (exact) mass is 407 g/mol. The Bertz CT molecular complexity index is 747. The van der Waals surface area contributed by atoms with Crippen molar-refractivity contribution in [3.63, 3.8) is 0 Å². The summed E-state index contributed by atoms with van der Waals surface area (Å²) in [6.45, 7) is 10.0. The van der Waals surface area contributed by atoms with E-state index in [9.17, 15) is 0 Å². The predicted octanol–water partition coefficient (Wildman–Crippen LogP) is 5.47. The Hall–Kier alpha value is -1.73. The van der Waals surface area contributed by atoms with Crippen LogP contribution in [0, 0.1) is 5.92 Å². The van der Waals surface area contributed by atoms with Crippen molar-refractivity contribution in [2.75, 3.05) is 12.8 Å². The molecule has 0 heterocycles. The van der Waals surface area contributed by atoms with Crippen LogP contribution in [0.15, 0.2) is 91.0 Å². The maximum Gasteiger partial charge on any atom is 0.183 e. The van der Waals surface area contributed by atoms with Gasteiger partial charge in [-0.3, -0.25) is 0 Å². The van der Waals surface area contributed by atoms with Gasteiger partial charge in [0.1, 0.15) is 23.2 Å². The molecule has 0 aromatic heterocycles. The normalized spacial score (nSPS) is 13.3. The van der Waals surface area contributed by atoms with E-state index < -0.39 is 15.6 Å². The minimum atomic E-state index is -1.76. The topological polar surface area (TPSA) is 9.23 Å². The molecule has 0 bridgehead atoms. The Morgan fingerprint density at radius 1 is 0.679 bits per heavy atom. The molecule has 3 heteroatoms. The van der Waals surface area contributed by atoms with Gasteiger partial charge in [-0.2, -0.15) is 0 Å². The van der Waals surface area contributed by atoms with Crippen LogP contribution in [0.3, 0.4) is 0 Å². The summed E-state index contributed by atoms with van der Waals surface area (Å²) in [6.07, 6.45) is 1.12. The molecule has 0 aliphatic rings. The molecular weight excluding hydrogens is 375 g/mol. The summed E-state index contributed by atoms with van der Waals surface area (Å²) in [5, 5.41) is 4.35. The first kappa shape index (κ1) is 21.0. The van der Waals surface area contributed by atoms with Crippen molar-refractivity contribution in [3.8, 4) is 0 Å². The summed E-state index contributed by atoms with van der Waals surface area (Å²) in [6, 6.07) is 33.3. The Morgan fingerprint density at radius 2 is 1.04 bits per heavy atom. The molecule has 0 amide bonds. The van der Waals surface area contributed by atoms with Gasteiger partial charge in [0.2, 0.25) is 0 Å². The van der Waals surface area contributed by atoms with Crippen molar-refractivity contribution in [2.45, 2.75) is 26.6 Å². The highest BCUT2D eigenvalue weighted by Crippen LogP contribution is 2.56. The Morgan fingerprint density at radius 3 is 1.36 bits per heavy atom. The Kier molecular flexibility index (Phi) is 6.88. The summed E-state index contributed by atoms with van der Waals surface area (Å²) in [7, 11) is -3.28. The lowest BCUT2D eigenvalue weighted by atomic mass is 10.2. The van der Waals surface area contributed by atoms with Crippen LogP contribution in [0.5, 0.6) is 0 Å². The molecule has 0 aliphatic heterocycles. The summed E-state index contributed by atoms with van der Waals surface area (Å²) >= 11 is 0. The third-order valence-corrected chi connectivity index (χ3v) is 10.7. The van der Waals surface area contributed by atoms with E-state index in [1.54, 1.807) is 0 Å². The highest BCUT2D eigenvalue weighted by atomic mass is 31.2. The van der Waals surface area contributed by atoms with Crippen molar-refractivity contribution < 1.29 is 4.43 Å². The van der Waals surface area contributed by atoms with Gasteiger partial charge in [-0.25, -0.2) is 0 Å². The van der Waals surface area contributed by atoms with E-state index in [0.29, 0.717) is 5.92 Å². The van der Waals surface area contributed by atoms with Gasteiger partial charge in [-0.05, 0) is 56.0 Å². The van der Waals surface area contributed by atoms with Crippen molar-refractivity contribution >= 4 is 31.5 Å². The third kappa shape index (κ3) is 5.00. The minimum Gasteiger partial charge on any atom is -0.417 e. The van der Waals surface area contributed by atoms with Crippen molar-refractivity contribution in [2.24, 2.45) is 5.92 Å². The molecule has 0 saturated carbocycles. The van der Waals surface area contributed by atoms with Gasteiger partial charge in [0.25, 0.3) is 0 Å². The second-order valence-corrected chi connectivity index (χ2v) is 16.6. The van der Waals surface area contributed by atoms with Crippen LogP contribution in [0.4, 0.5) is 0 Å². The van der Waals surface area contributed by atoms with E-state index in [1.807, 2.05) is 0 Å². The molecule has 0 spiro atoms. The second kappa shape index (κ2) is 9.18. The molecule has 3 aromatic rings. The van der Waals surface area contributed by atoms with Crippen LogP contribution in [0.25, 0.3) is 0 Å². The molecule has 3 aromatic carbocycles. The fraction of sp³-hybridized carbons (Fsp3) is 0.280. The molecule has 3 rings (SSSR count). The summed E-state index contributed by atoms with van der Waals surface area (Å²) in [5.41, 5.74) is 0. The second-order valence-electron chi connectivity index (χ2n) is 8.53. The van der Waals surface area contributed by atoms with Crippen molar-refractivity contribution in [3.05, 3.63) is 91.0 Å².